The standard InChI is InChI=1S/C17H17ClN2O6S/c1-25-12-8-11(18)6-10(15(12)22)7-13-16(23)20(17(24)27-13)9-14(21)19-2-4-26-5-3-19/h6-8,22H,2-5,9H2,1H3/b13-7+. The Labute approximate surface area is 164 Å². The first-order valence-corrected chi connectivity index (χ1v) is 9.27. The first-order valence-electron chi connectivity index (χ1n) is 8.08. The van der Waals surface area contributed by atoms with Gasteiger partial charge in [0.2, 0.25) is 5.91 Å². The molecule has 0 bridgehead atoms. The van der Waals surface area contributed by atoms with Gasteiger partial charge in [0.15, 0.2) is 11.5 Å². The van der Waals surface area contributed by atoms with Crippen LogP contribution in [-0.2, 0) is 14.3 Å². The van der Waals surface area contributed by atoms with E-state index < -0.39 is 11.1 Å². The second-order valence-corrected chi connectivity index (χ2v) is 7.24. The minimum Gasteiger partial charge on any atom is -0.504 e. The number of methoxy groups -OCH3 is 1. The Balaban J connectivity index is 1.79. The number of phenols is 1. The Kier molecular flexibility index (Phi) is 5.93. The molecule has 2 saturated heterocycles. The van der Waals surface area contributed by atoms with Gasteiger partial charge in [0.05, 0.1) is 25.2 Å². The van der Waals surface area contributed by atoms with Gasteiger partial charge in [-0.25, -0.2) is 0 Å². The smallest absolute Gasteiger partial charge is 0.294 e. The molecule has 0 saturated carbocycles. The van der Waals surface area contributed by atoms with Gasteiger partial charge in [0, 0.05) is 29.7 Å². The summed E-state index contributed by atoms with van der Waals surface area (Å²) in [6.45, 7) is 1.40. The van der Waals surface area contributed by atoms with Crippen LogP contribution in [0.15, 0.2) is 17.0 Å². The number of amides is 3. The summed E-state index contributed by atoms with van der Waals surface area (Å²) >= 11 is 6.69. The normalized spacial score (nSPS) is 19.1. The van der Waals surface area contributed by atoms with Gasteiger partial charge in [-0.15, -0.1) is 0 Å². The summed E-state index contributed by atoms with van der Waals surface area (Å²) in [7, 11) is 1.38. The maximum atomic E-state index is 12.6. The number of morpholine rings is 1. The second-order valence-electron chi connectivity index (χ2n) is 5.81. The molecule has 2 aliphatic heterocycles. The van der Waals surface area contributed by atoms with E-state index in [2.05, 4.69) is 0 Å². The van der Waals surface area contributed by atoms with Crippen LogP contribution in [0.3, 0.4) is 0 Å². The van der Waals surface area contributed by atoms with Gasteiger partial charge >= 0.3 is 0 Å². The van der Waals surface area contributed by atoms with Crippen molar-refractivity contribution >= 4 is 46.5 Å². The highest BCUT2D eigenvalue weighted by Crippen LogP contribution is 2.38. The van der Waals surface area contributed by atoms with Crippen LogP contribution in [0.4, 0.5) is 4.79 Å². The molecule has 0 aliphatic carbocycles. The topological polar surface area (TPSA) is 96.4 Å². The molecule has 8 nitrogen and oxygen atoms in total. The van der Waals surface area contributed by atoms with E-state index in [-0.39, 0.29) is 34.4 Å². The number of rotatable bonds is 4. The van der Waals surface area contributed by atoms with E-state index in [1.54, 1.807) is 4.90 Å². The number of aromatic hydroxyl groups is 1. The van der Waals surface area contributed by atoms with Crippen molar-refractivity contribution in [2.45, 2.75) is 0 Å². The number of benzene rings is 1. The number of phenolic OH excluding ortho intramolecular Hbond substituents is 1. The number of hydrogen-bond donors (Lipinski definition) is 1. The molecule has 27 heavy (non-hydrogen) atoms. The van der Waals surface area contributed by atoms with Crippen molar-refractivity contribution in [1.29, 1.82) is 0 Å². The summed E-state index contributed by atoms with van der Waals surface area (Å²) in [5.74, 6) is -0.951. The quantitative estimate of drug-likeness (QED) is 0.755. The lowest BCUT2D eigenvalue weighted by atomic mass is 10.1. The zero-order valence-electron chi connectivity index (χ0n) is 14.4. The van der Waals surface area contributed by atoms with E-state index in [0.717, 1.165) is 4.90 Å². The molecule has 0 spiro atoms. The largest absolute Gasteiger partial charge is 0.504 e. The molecule has 1 aromatic carbocycles. The average molecular weight is 413 g/mol. The molecule has 3 rings (SSSR count). The van der Waals surface area contributed by atoms with Gasteiger partial charge in [-0.05, 0) is 23.9 Å². The minimum absolute atomic E-state index is 0.0920. The Morgan fingerprint density at radius 3 is 2.74 bits per heavy atom. The van der Waals surface area contributed by atoms with Gasteiger partial charge in [0.1, 0.15) is 6.54 Å². The van der Waals surface area contributed by atoms with E-state index in [1.165, 1.54) is 25.3 Å². The number of thioether (sulfide) groups is 1. The molecule has 2 aliphatic rings. The monoisotopic (exact) mass is 412 g/mol. The fraction of sp³-hybridized carbons (Fsp3) is 0.353. The van der Waals surface area contributed by atoms with Gasteiger partial charge < -0.3 is 19.5 Å². The summed E-state index contributed by atoms with van der Waals surface area (Å²) in [5, 5.41) is 9.95. The Morgan fingerprint density at radius 2 is 2.07 bits per heavy atom. The predicted molar refractivity (Wildman–Crippen MR) is 99.7 cm³/mol. The fourth-order valence-electron chi connectivity index (χ4n) is 2.69. The molecule has 0 radical (unpaired) electrons. The van der Waals surface area contributed by atoms with Crippen LogP contribution in [0.25, 0.3) is 6.08 Å². The molecule has 10 heteroatoms. The molecule has 1 N–H and O–H groups in total. The minimum atomic E-state index is -0.593. The van der Waals surface area contributed by atoms with Crippen molar-refractivity contribution in [3.8, 4) is 11.5 Å². The first-order chi connectivity index (χ1) is 12.9. The molecule has 0 aromatic heterocycles. The number of nitrogens with zero attached hydrogens (tertiary/aromatic N) is 2. The van der Waals surface area contributed by atoms with Crippen LogP contribution >= 0.6 is 23.4 Å². The van der Waals surface area contributed by atoms with Crippen LogP contribution in [0.2, 0.25) is 5.02 Å². The number of imide groups is 1. The summed E-state index contributed by atoms with van der Waals surface area (Å²) < 4.78 is 10.2. The number of halogens is 1. The summed E-state index contributed by atoms with van der Waals surface area (Å²) in [6.07, 6.45) is 1.36. The number of hydrogen-bond acceptors (Lipinski definition) is 7. The Hall–Kier alpha value is -2.23. The van der Waals surface area contributed by atoms with Crippen molar-refractivity contribution in [2.75, 3.05) is 40.0 Å². The molecule has 1 aromatic rings. The van der Waals surface area contributed by atoms with Crippen LogP contribution < -0.4 is 4.74 Å². The van der Waals surface area contributed by atoms with E-state index >= 15 is 0 Å². The van der Waals surface area contributed by atoms with E-state index in [0.29, 0.717) is 43.1 Å². The summed E-state index contributed by atoms with van der Waals surface area (Å²) in [4.78, 5) is 39.6. The van der Waals surface area contributed by atoms with Crippen LogP contribution in [-0.4, -0.2) is 71.9 Å². The molecule has 2 heterocycles. The highest BCUT2D eigenvalue weighted by molar-refractivity contribution is 8.18. The molecule has 2 fully saturated rings. The van der Waals surface area contributed by atoms with Gasteiger partial charge in [0.25, 0.3) is 11.1 Å². The first kappa shape index (κ1) is 19.5. The van der Waals surface area contributed by atoms with Crippen molar-refractivity contribution in [3.05, 3.63) is 27.6 Å². The van der Waals surface area contributed by atoms with E-state index in [1.807, 2.05) is 0 Å². The zero-order valence-corrected chi connectivity index (χ0v) is 16.0. The molecule has 0 atom stereocenters. The lowest BCUT2D eigenvalue weighted by Gasteiger charge is -2.28. The SMILES string of the molecule is COc1cc(Cl)cc(/C=C2/SC(=O)N(CC(=O)N3CCOCC3)C2=O)c1O. The maximum Gasteiger partial charge on any atom is 0.294 e. The molecule has 3 amide bonds. The zero-order chi connectivity index (χ0) is 19.6. The lowest BCUT2D eigenvalue weighted by Crippen LogP contribution is -2.46. The predicted octanol–water partition coefficient (Wildman–Crippen LogP) is 1.95. The number of ether oxygens (including phenoxy) is 2. The Bertz CT molecular complexity index is 822. The fourth-order valence-corrected chi connectivity index (χ4v) is 3.73. The van der Waals surface area contributed by atoms with Gasteiger partial charge in [-0.3, -0.25) is 19.3 Å². The third kappa shape index (κ3) is 4.20. The average Bonchev–Trinajstić information content (AvgIpc) is 2.92. The molecular weight excluding hydrogens is 396 g/mol. The third-order valence-corrected chi connectivity index (χ3v) is 5.23. The van der Waals surface area contributed by atoms with Gasteiger partial charge in [-0.2, -0.15) is 0 Å². The number of carbonyl (C=O) groups is 3. The van der Waals surface area contributed by atoms with Gasteiger partial charge in [-0.1, -0.05) is 11.6 Å². The Morgan fingerprint density at radius 1 is 1.37 bits per heavy atom. The van der Waals surface area contributed by atoms with Crippen LogP contribution in [0.5, 0.6) is 11.5 Å². The molecule has 0 unspecified atom stereocenters. The second kappa shape index (κ2) is 8.20. The van der Waals surface area contributed by atoms with E-state index in [9.17, 15) is 19.5 Å². The van der Waals surface area contributed by atoms with E-state index in [4.69, 9.17) is 21.1 Å². The van der Waals surface area contributed by atoms with Crippen molar-refractivity contribution < 1.29 is 29.0 Å². The summed E-state index contributed by atoms with van der Waals surface area (Å²) in [5.41, 5.74) is 0.240. The van der Waals surface area contributed by atoms with Crippen LogP contribution in [0.1, 0.15) is 5.56 Å². The molecular formula is C17H17ClN2O6S. The van der Waals surface area contributed by atoms with Crippen molar-refractivity contribution in [2.24, 2.45) is 0 Å². The third-order valence-electron chi connectivity index (χ3n) is 4.11. The van der Waals surface area contributed by atoms with Crippen molar-refractivity contribution in [1.82, 2.24) is 9.80 Å². The lowest BCUT2D eigenvalue weighted by molar-refractivity contribution is -0.139. The summed E-state index contributed by atoms with van der Waals surface area (Å²) in [6, 6.07) is 2.88. The highest BCUT2D eigenvalue weighted by Gasteiger charge is 2.37. The highest BCUT2D eigenvalue weighted by atomic mass is 35.5. The molecule has 144 valence electrons. The van der Waals surface area contributed by atoms with Crippen LogP contribution in [0, 0.1) is 0 Å². The maximum absolute atomic E-state index is 12.6. The number of carbonyl (C=O) groups excluding carboxylic acids is 3. The van der Waals surface area contributed by atoms with Crippen molar-refractivity contribution in [3.63, 3.8) is 0 Å².